The molecule has 0 radical (unpaired) electrons. The molecule has 1 heterocycles. The van der Waals surface area contributed by atoms with Crippen LogP contribution < -0.4 is 9.46 Å². The Morgan fingerprint density at radius 1 is 1.08 bits per heavy atom. The summed E-state index contributed by atoms with van der Waals surface area (Å²) in [6.07, 6.45) is -3.72. The zero-order valence-electron chi connectivity index (χ0n) is 13.4. The first-order valence-electron chi connectivity index (χ1n) is 7.38. The number of aromatic nitrogens is 1. The molecule has 0 saturated heterocycles. The van der Waals surface area contributed by atoms with Gasteiger partial charge in [0.15, 0.2) is 0 Å². The number of pyridine rings is 1. The summed E-state index contributed by atoms with van der Waals surface area (Å²) in [5, 5.41) is 0.684. The number of nitrogens with zero attached hydrogens (tertiary/aromatic N) is 1. The zero-order chi connectivity index (χ0) is 18.9. The van der Waals surface area contributed by atoms with Gasteiger partial charge in [-0.3, -0.25) is 9.71 Å². The van der Waals surface area contributed by atoms with Gasteiger partial charge in [0.1, 0.15) is 10.6 Å². The van der Waals surface area contributed by atoms with Crippen LogP contribution in [0.15, 0.2) is 59.6 Å². The van der Waals surface area contributed by atoms with Crippen molar-refractivity contribution in [2.24, 2.45) is 0 Å². The molecule has 0 atom stereocenters. The first kappa shape index (κ1) is 18.0. The molecular weight excluding hydrogens is 369 g/mol. The molecule has 0 fully saturated rings. The molecule has 0 bridgehead atoms. The maximum absolute atomic E-state index is 12.6. The lowest BCUT2D eigenvalue weighted by molar-refractivity contribution is -0.275. The fourth-order valence-corrected chi connectivity index (χ4v) is 3.62. The van der Waals surface area contributed by atoms with Crippen LogP contribution in [0.4, 0.5) is 18.9 Å². The van der Waals surface area contributed by atoms with E-state index in [0.29, 0.717) is 16.5 Å². The number of benzene rings is 2. The molecule has 1 N–H and O–H groups in total. The summed E-state index contributed by atoms with van der Waals surface area (Å²) in [5.74, 6) is -0.802. The Morgan fingerprint density at radius 3 is 2.54 bits per heavy atom. The first-order chi connectivity index (χ1) is 12.1. The molecule has 0 aliphatic rings. The molecule has 0 unspecified atom stereocenters. The first-order valence-corrected chi connectivity index (χ1v) is 8.86. The highest BCUT2D eigenvalue weighted by molar-refractivity contribution is 7.92. The van der Waals surface area contributed by atoms with E-state index in [1.165, 1.54) is 12.3 Å². The smallest absolute Gasteiger partial charge is 0.404 e. The Hall–Kier alpha value is -2.81. The van der Waals surface area contributed by atoms with Gasteiger partial charge in [0.05, 0.1) is 17.4 Å². The van der Waals surface area contributed by atoms with Crippen LogP contribution >= 0.6 is 0 Å². The molecule has 5 nitrogen and oxygen atoms in total. The second-order valence-electron chi connectivity index (χ2n) is 5.52. The summed E-state index contributed by atoms with van der Waals surface area (Å²) in [6, 6.07) is 12.0. The minimum absolute atomic E-state index is 0.128. The van der Waals surface area contributed by atoms with Crippen molar-refractivity contribution in [1.29, 1.82) is 0 Å². The third-order valence-electron chi connectivity index (χ3n) is 3.46. The summed E-state index contributed by atoms with van der Waals surface area (Å²) in [4.78, 5) is 3.51. The summed E-state index contributed by atoms with van der Waals surface area (Å²) in [6.45, 7) is 1.56. The molecule has 0 saturated carbocycles. The van der Waals surface area contributed by atoms with Gasteiger partial charge in [0.25, 0.3) is 10.0 Å². The molecule has 1 aromatic heterocycles. The number of rotatable bonds is 4. The van der Waals surface area contributed by atoms with Crippen molar-refractivity contribution >= 4 is 26.6 Å². The molecule has 26 heavy (non-hydrogen) atoms. The normalized spacial score (nSPS) is 12.2. The van der Waals surface area contributed by atoms with E-state index in [0.717, 1.165) is 12.1 Å². The highest BCUT2D eigenvalue weighted by atomic mass is 32.2. The SMILES string of the molecule is Cc1ccc(OC(F)(F)F)c(S(=O)(=O)Nc2cnc3ccccc3c2)c1. The van der Waals surface area contributed by atoms with Crippen LogP contribution in [0.1, 0.15) is 5.56 Å². The largest absolute Gasteiger partial charge is 0.573 e. The number of ether oxygens (including phenoxy) is 1. The Balaban J connectivity index is 2.00. The lowest BCUT2D eigenvalue weighted by atomic mass is 10.2. The second kappa shape index (κ2) is 6.49. The standard InChI is InChI=1S/C17H13F3N2O3S/c1-11-6-7-15(25-17(18,19)20)16(8-11)26(23,24)22-13-9-12-4-2-3-5-14(12)21-10-13/h2-10,22H,1H3. The average Bonchev–Trinajstić information content (AvgIpc) is 2.55. The maximum atomic E-state index is 12.6. The molecule has 3 aromatic rings. The molecule has 2 aromatic carbocycles. The number of fused-ring (bicyclic) bond motifs is 1. The van der Waals surface area contributed by atoms with Gasteiger partial charge >= 0.3 is 6.36 Å². The van der Waals surface area contributed by atoms with Gasteiger partial charge in [-0.1, -0.05) is 24.3 Å². The molecule has 136 valence electrons. The van der Waals surface area contributed by atoms with Crippen LogP contribution in [0.2, 0.25) is 0 Å². The van der Waals surface area contributed by atoms with Crippen LogP contribution in [0, 0.1) is 6.92 Å². The number of anilines is 1. The number of para-hydroxylation sites is 1. The van der Waals surface area contributed by atoms with E-state index in [9.17, 15) is 21.6 Å². The van der Waals surface area contributed by atoms with Crippen molar-refractivity contribution < 1.29 is 26.3 Å². The molecular formula is C17H13F3N2O3S. The number of halogens is 3. The van der Waals surface area contributed by atoms with Crippen LogP contribution in [0.3, 0.4) is 0 Å². The third-order valence-corrected chi connectivity index (χ3v) is 4.86. The fourth-order valence-electron chi connectivity index (χ4n) is 2.37. The summed E-state index contributed by atoms with van der Waals surface area (Å²) in [7, 11) is -4.32. The van der Waals surface area contributed by atoms with Gasteiger partial charge in [-0.05, 0) is 36.8 Å². The monoisotopic (exact) mass is 382 g/mol. The summed E-state index contributed by atoms with van der Waals surface area (Å²) >= 11 is 0. The number of aryl methyl sites for hydroxylation is 1. The lowest BCUT2D eigenvalue weighted by Crippen LogP contribution is -2.21. The van der Waals surface area contributed by atoms with E-state index in [4.69, 9.17) is 0 Å². The van der Waals surface area contributed by atoms with Crippen LogP contribution in [-0.2, 0) is 10.0 Å². The predicted molar refractivity (Wildman–Crippen MR) is 90.4 cm³/mol. The maximum Gasteiger partial charge on any atom is 0.573 e. The topological polar surface area (TPSA) is 68.3 Å². The molecule has 0 spiro atoms. The van der Waals surface area contributed by atoms with Gasteiger partial charge in [0.2, 0.25) is 0 Å². The van der Waals surface area contributed by atoms with Crippen molar-refractivity contribution in [3.05, 3.63) is 60.3 Å². The molecule has 3 rings (SSSR count). The Kier molecular flexibility index (Phi) is 4.49. The summed E-state index contributed by atoms with van der Waals surface area (Å²) < 4.78 is 69.0. The van der Waals surface area contributed by atoms with E-state index >= 15 is 0 Å². The minimum Gasteiger partial charge on any atom is -0.404 e. The Bertz CT molecular complexity index is 1070. The van der Waals surface area contributed by atoms with Crippen molar-refractivity contribution in [1.82, 2.24) is 4.98 Å². The quantitative estimate of drug-likeness (QED) is 0.733. The van der Waals surface area contributed by atoms with Crippen LogP contribution in [-0.4, -0.2) is 19.8 Å². The van der Waals surface area contributed by atoms with Crippen molar-refractivity contribution in [2.45, 2.75) is 18.2 Å². The molecule has 9 heteroatoms. The van der Waals surface area contributed by atoms with Crippen molar-refractivity contribution in [3.63, 3.8) is 0 Å². The fraction of sp³-hybridized carbons (Fsp3) is 0.118. The molecule has 0 amide bonds. The van der Waals surface area contributed by atoms with Crippen molar-refractivity contribution in [3.8, 4) is 5.75 Å². The van der Waals surface area contributed by atoms with Crippen LogP contribution in [0.5, 0.6) is 5.75 Å². The Morgan fingerprint density at radius 2 is 1.81 bits per heavy atom. The number of hydrogen-bond donors (Lipinski definition) is 1. The second-order valence-corrected chi connectivity index (χ2v) is 7.17. The van der Waals surface area contributed by atoms with Gasteiger partial charge < -0.3 is 4.74 Å². The van der Waals surface area contributed by atoms with E-state index in [2.05, 4.69) is 14.4 Å². The van der Waals surface area contributed by atoms with Gasteiger partial charge in [-0.25, -0.2) is 8.42 Å². The molecule has 0 aliphatic heterocycles. The van der Waals surface area contributed by atoms with E-state index in [1.54, 1.807) is 37.3 Å². The lowest BCUT2D eigenvalue weighted by Gasteiger charge is -2.15. The molecule has 0 aliphatic carbocycles. The van der Waals surface area contributed by atoms with Gasteiger partial charge in [-0.15, -0.1) is 13.2 Å². The highest BCUT2D eigenvalue weighted by Crippen LogP contribution is 2.31. The summed E-state index contributed by atoms with van der Waals surface area (Å²) in [5.41, 5.74) is 1.26. The van der Waals surface area contributed by atoms with Crippen molar-refractivity contribution in [2.75, 3.05) is 4.72 Å². The highest BCUT2D eigenvalue weighted by Gasteiger charge is 2.34. The van der Waals surface area contributed by atoms with Crippen LogP contribution in [0.25, 0.3) is 10.9 Å². The zero-order valence-corrected chi connectivity index (χ0v) is 14.2. The van der Waals surface area contributed by atoms with Gasteiger partial charge in [-0.2, -0.15) is 0 Å². The number of sulfonamides is 1. The van der Waals surface area contributed by atoms with E-state index < -0.39 is 27.0 Å². The third kappa shape index (κ3) is 4.05. The Labute approximate surface area is 147 Å². The number of hydrogen-bond acceptors (Lipinski definition) is 4. The predicted octanol–water partition coefficient (Wildman–Crippen LogP) is 4.24. The van der Waals surface area contributed by atoms with E-state index in [-0.39, 0.29) is 5.69 Å². The van der Waals surface area contributed by atoms with Gasteiger partial charge in [0, 0.05) is 5.39 Å². The average molecular weight is 382 g/mol. The van der Waals surface area contributed by atoms with E-state index in [1.807, 2.05) is 0 Å². The number of nitrogens with one attached hydrogen (secondary N) is 1. The minimum atomic E-state index is -5.01. The number of alkyl halides is 3.